The summed E-state index contributed by atoms with van der Waals surface area (Å²) in [4.78, 5) is 11.3. The minimum atomic E-state index is -0.141. The molecular formula is C20H19N5. The highest BCUT2D eigenvalue weighted by Crippen LogP contribution is 2.40. The van der Waals surface area contributed by atoms with E-state index in [1.165, 1.54) is 0 Å². The second kappa shape index (κ2) is 5.94. The van der Waals surface area contributed by atoms with E-state index >= 15 is 0 Å². The first-order valence-electron chi connectivity index (χ1n) is 8.11. The van der Waals surface area contributed by atoms with Gasteiger partial charge < -0.3 is 16.0 Å². The topological polar surface area (TPSA) is 67.1 Å². The lowest BCUT2D eigenvalue weighted by Gasteiger charge is -2.22. The number of nitrogen functional groups attached to an aromatic ring is 1. The van der Waals surface area contributed by atoms with Crippen LogP contribution in [0.2, 0.25) is 0 Å². The number of anilines is 3. The lowest BCUT2D eigenvalue weighted by Crippen LogP contribution is -2.26. The first-order chi connectivity index (χ1) is 12.2. The molecular weight excluding hydrogens is 310 g/mol. The van der Waals surface area contributed by atoms with Crippen LogP contribution in [-0.4, -0.2) is 17.0 Å². The van der Waals surface area contributed by atoms with Gasteiger partial charge in [-0.05, 0) is 17.7 Å². The van der Waals surface area contributed by atoms with Gasteiger partial charge in [-0.2, -0.15) is 0 Å². The Morgan fingerprint density at radius 3 is 2.64 bits per heavy atom. The summed E-state index contributed by atoms with van der Waals surface area (Å²) >= 11 is 0. The number of hydrogen-bond donors (Lipinski definition) is 2. The number of para-hydroxylation sites is 2. The maximum absolute atomic E-state index is 6.14. The van der Waals surface area contributed by atoms with Gasteiger partial charge in [-0.1, -0.05) is 49.1 Å². The molecule has 5 nitrogen and oxygen atoms in total. The van der Waals surface area contributed by atoms with Crippen LogP contribution in [0.25, 0.3) is 17.3 Å². The van der Waals surface area contributed by atoms with Gasteiger partial charge in [0.25, 0.3) is 0 Å². The Balaban J connectivity index is 1.72. The molecule has 0 amide bonds. The molecule has 0 fully saturated rings. The summed E-state index contributed by atoms with van der Waals surface area (Å²) in [5.41, 5.74) is 11.9. The van der Waals surface area contributed by atoms with Crippen LogP contribution in [0.4, 0.5) is 17.2 Å². The van der Waals surface area contributed by atoms with Crippen molar-refractivity contribution in [1.82, 2.24) is 9.97 Å². The normalized spacial score (nSPS) is 15.6. The van der Waals surface area contributed by atoms with Crippen LogP contribution in [-0.2, 0) is 0 Å². The Bertz CT molecular complexity index is 933. The van der Waals surface area contributed by atoms with Gasteiger partial charge >= 0.3 is 0 Å². The average Bonchev–Trinajstić information content (AvgIpc) is 2.99. The van der Waals surface area contributed by atoms with Gasteiger partial charge in [0.05, 0.1) is 23.3 Å². The van der Waals surface area contributed by atoms with Gasteiger partial charge in [0, 0.05) is 12.6 Å². The van der Waals surface area contributed by atoms with Crippen LogP contribution in [0, 0.1) is 0 Å². The summed E-state index contributed by atoms with van der Waals surface area (Å²) in [5.74, 6) is 0.434. The fraction of sp³-hybridized carbons (Fsp3) is 0.100. The van der Waals surface area contributed by atoms with Crippen molar-refractivity contribution in [3.8, 4) is 11.3 Å². The Morgan fingerprint density at radius 1 is 1.16 bits per heavy atom. The van der Waals surface area contributed by atoms with Crippen molar-refractivity contribution in [3.05, 3.63) is 72.6 Å². The molecule has 3 aromatic rings. The van der Waals surface area contributed by atoms with Crippen molar-refractivity contribution in [2.24, 2.45) is 0 Å². The highest BCUT2D eigenvalue weighted by Gasteiger charge is 2.30. The molecule has 124 valence electrons. The Labute approximate surface area is 146 Å². The third-order valence-corrected chi connectivity index (χ3v) is 4.49. The molecule has 0 bridgehead atoms. The lowest BCUT2D eigenvalue weighted by molar-refractivity contribution is 0.760. The molecule has 25 heavy (non-hydrogen) atoms. The summed E-state index contributed by atoms with van der Waals surface area (Å²) in [5, 5.41) is 3.47. The van der Waals surface area contributed by atoms with E-state index in [1.54, 1.807) is 6.20 Å². The number of nitrogens with zero attached hydrogens (tertiary/aromatic N) is 3. The largest absolute Gasteiger partial charge is 0.382 e. The minimum Gasteiger partial charge on any atom is -0.382 e. The third-order valence-electron chi connectivity index (χ3n) is 4.49. The molecule has 2 heterocycles. The highest BCUT2D eigenvalue weighted by atomic mass is 15.3. The summed E-state index contributed by atoms with van der Waals surface area (Å²) in [7, 11) is 2.02. The van der Waals surface area contributed by atoms with Gasteiger partial charge in [-0.3, -0.25) is 0 Å². The van der Waals surface area contributed by atoms with E-state index in [0.29, 0.717) is 5.82 Å². The minimum absolute atomic E-state index is 0.141. The van der Waals surface area contributed by atoms with Gasteiger partial charge in [-0.25, -0.2) is 9.97 Å². The summed E-state index contributed by atoms with van der Waals surface area (Å²) < 4.78 is 0. The maximum Gasteiger partial charge on any atom is 0.149 e. The molecule has 1 aliphatic rings. The second-order valence-corrected chi connectivity index (χ2v) is 6.03. The van der Waals surface area contributed by atoms with Crippen LogP contribution in [0.5, 0.6) is 0 Å². The molecule has 2 aromatic carbocycles. The standard InChI is InChI=1S/C20H19N5/c1-3-13-8-10-14(11-9-13)16-12-22-19(21)18(23-16)20-24-15-6-4-5-7-17(15)25(20)2/h3-12,20,24H,1H2,2H3,(H2,21,22). The fourth-order valence-electron chi connectivity index (χ4n) is 3.08. The van der Waals surface area contributed by atoms with E-state index in [-0.39, 0.29) is 6.17 Å². The first kappa shape index (κ1) is 15.2. The molecule has 0 spiro atoms. The first-order valence-corrected chi connectivity index (χ1v) is 8.11. The molecule has 1 aromatic heterocycles. The number of benzene rings is 2. The number of nitrogens with one attached hydrogen (secondary N) is 1. The van der Waals surface area contributed by atoms with E-state index in [1.807, 2.05) is 55.6 Å². The molecule has 0 aliphatic carbocycles. The lowest BCUT2D eigenvalue weighted by atomic mass is 10.1. The zero-order valence-electron chi connectivity index (χ0n) is 14.0. The van der Waals surface area contributed by atoms with Crippen LogP contribution in [0.1, 0.15) is 17.4 Å². The van der Waals surface area contributed by atoms with E-state index < -0.39 is 0 Å². The zero-order chi connectivity index (χ0) is 17.4. The number of rotatable bonds is 3. The predicted molar refractivity (Wildman–Crippen MR) is 103 cm³/mol. The number of nitrogens with two attached hydrogens (primary N) is 1. The van der Waals surface area contributed by atoms with Crippen molar-refractivity contribution in [3.63, 3.8) is 0 Å². The Hall–Kier alpha value is -3.34. The number of hydrogen-bond acceptors (Lipinski definition) is 5. The predicted octanol–water partition coefficient (Wildman–Crippen LogP) is 3.93. The van der Waals surface area contributed by atoms with Crippen LogP contribution in [0.3, 0.4) is 0 Å². The van der Waals surface area contributed by atoms with Crippen molar-refractivity contribution in [2.45, 2.75) is 6.17 Å². The Kier molecular flexibility index (Phi) is 3.61. The smallest absolute Gasteiger partial charge is 0.149 e. The molecule has 1 aliphatic heterocycles. The Morgan fingerprint density at radius 2 is 1.92 bits per heavy atom. The quantitative estimate of drug-likeness (QED) is 0.762. The van der Waals surface area contributed by atoms with Crippen LogP contribution >= 0.6 is 0 Å². The maximum atomic E-state index is 6.14. The van der Waals surface area contributed by atoms with Gasteiger partial charge in [0.2, 0.25) is 0 Å². The van der Waals surface area contributed by atoms with E-state index in [2.05, 4.69) is 27.8 Å². The fourth-order valence-corrected chi connectivity index (χ4v) is 3.08. The van der Waals surface area contributed by atoms with E-state index in [4.69, 9.17) is 10.7 Å². The molecule has 1 atom stereocenters. The molecule has 3 N–H and O–H groups in total. The van der Waals surface area contributed by atoms with E-state index in [0.717, 1.165) is 33.9 Å². The van der Waals surface area contributed by atoms with Crippen molar-refractivity contribution in [1.29, 1.82) is 0 Å². The average molecular weight is 329 g/mol. The SMILES string of the molecule is C=Cc1ccc(-c2cnc(N)c(C3Nc4ccccc4N3C)n2)cc1. The monoisotopic (exact) mass is 329 g/mol. The molecule has 5 heteroatoms. The second-order valence-electron chi connectivity index (χ2n) is 6.03. The molecule has 0 radical (unpaired) electrons. The number of fused-ring (bicyclic) bond motifs is 1. The molecule has 4 rings (SSSR count). The number of aromatic nitrogens is 2. The van der Waals surface area contributed by atoms with Crippen molar-refractivity contribution < 1.29 is 0 Å². The third kappa shape index (κ3) is 2.59. The van der Waals surface area contributed by atoms with Gasteiger partial charge in [0.1, 0.15) is 17.7 Å². The van der Waals surface area contributed by atoms with Crippen LogP contribution in [0.15, 0.2) is 61.3 Å². The summed E-state index contributed by atoms with van der Waals surface area (Å²) in [6.07, 6.45) is 3.39. The van der Waals surface area contributed by atoms with Gasteiger partial charge in [0.15, 0.2) is 0 Å². The van der Waals surface area contributed by atoms with Crippen molar-refractivity contribution >= 4 is 23.3 Å². The van der Waals surface area contributed by atoms with Gasteiger partial charge in [-0.15, -0.1) is 0 Å². The van der Waals surface area contributed by atoms with E-state index in [9.17, 15) is 0 Å². The summed E-state index contributed by atoms with van der Waals surface area (Å²) in [6.45, 7) is 3.78. The summed E-state index contributed by atoms with van der Waals surface area (Å²) in [6, 6.07) is 16.2. The zero-order valence-corrected chi connectivity index (χ0v) is 14.0. The molecule has 1 unspecified atom stereocenters. The van der Waals surface area contributed by atoms with Crippen molar-refractivity contribution in [2.75, 3.05) is 23.0 Å². The highest BCUT2D eigenvalue weighted by molar-refractivity contribution is 5.77. The van der Waals surface area contributed by atoms with Crippen LogP contribution < -0.4 is 16.0 Å². The molecule has 0 saturated heterocycles. The molecule has 0 saturated carbocycles.